The van der Waals surface area contributed by atoms with E-state index in [1.807, 2.05) is 23.1 Å². The summed E-state index contributed by atoms with van der Waals surface area (Å²) in [5.74, 6) is 0.472. The van der Waals surface area contributed by atoms with Crippen LogP contribution in [0.15, 0.2) is 42.6 Å². The van der Waals surface area contributed by atoms with Gasteiger partial charge in [0.1, 0.15) is 0 Å². The molecule has 4 aliphatic rings. The quantitative estimate of drug-likeness (QED) is 0.591. The number of carbonyl (C=O) groups is 1. The molecule has 1 amide bonds. The highest BCUT2D eigenvalue weighted by Crippen LogP contribution is 2.55. The second-order valence-electron chi connectivity index (χ2n) is 11.3. The van der Waals surface area contributed by atoms with Crippen LogP contribution in [-0.4, -0.2) is 41.0 Å². The van der Waals surface area contributed by atoms with Crippen molar-refractivity contribution in [1.29, 1.82) is 0 Å². The molecule has 1 saturated heterocycles. The van der Waals surface area contributed by atoms with Crippen LogP contribution in [0.3, 0.4) is 0 Å². The Morgan fingerprint density at radius 1 is 1.14 bits per heavy atom. The van der Waals surface area contributed by atoms with Crippen LogP contribution < -0.4 is 5.32 Å². The summed E-state index contributed by atoms with van der Waals surface area (Å²) in [6.07, 6.45) is 3.72. The standard InChI is InChI=1S/C29H34F3N3O2/c30-29(31,32)22-13-20-18-35(11-8-25(20)33-17-22)27(36)28-10-4-7-21(28)14-24(16-28)34-23-9-12-37-26(15-23)19-5-2-1-3-6-19/h1-3,5-6,13,17,21,23-24,26,34H,4,7-12,14-16,18H2/t21-,23+,24-,26+,28-/m1/s1. The van der Waals surface area contributed by atoms with Crippen LogP contribution in [0, 0.1) is 11.3 Å². The van der Waals surface area contributed by atoms with Gasteiger partial charge in [0, 0.05) is 50.1 Å². The first kappa shape index (κ1) is 24.9. The topological polar surface area (TPSA) is 54.5 Å². The van der Waals surface area contributed by atoms with Gasteiger partial charge in [-0.15, -0.1) is 0 Å². The maximum Gasteiger partial charge on any atom is 0.417 e. The largest absolute Gasteiger partial charge is 0.417 e. The number of halogens is 3. The van der Waals surface area contributed by atoms with Crippen molar-refractivity contribution in [2.24, 2.45) is 11.3 Å². The molecule has 0 radical (unpaired) electrons. The van der Waals surface area contributed by atoms with E-state index in [1.165, 1.54) is 11.6 Å². The third kappa shape index (κ3) is 4.78. The number of hydrogen-bond acceptors (Lipinski definition) is 4. The minimum absolute atomic E-state index is 0.0903. The van der Waals surface area contributed by atoms with Gasteiger partial charge in [0.05, 0.1) is 17.1 Å². The van der Waals surface area contributed by atoms with Crippen LogP contribution in [0.25, 0.3) is 0 Å². The number of nitrogens with zero attached hydrogens (tertiary/aromatic N) is 2. The number of fused-ring (bicyclic) bond motifs is 2. The minimum Gasteiger partial charge on any atom is -0.373 e. The zero-order chi connectivity index (χ0) is 25.6. The van der Waals surface area contributed by atoms with Gasteiger partial charge in [-0.25, -0.2) is 0 Å². The Balaban J connectivity index is 1.14. The minimum atomic E-state index is -4.43. The molecule has 198 valence electrons. The van der Waals surface area contributed by atoms with E-state index in [4.69, 9.17) is 4.74 Å². The van der Waals surface area contributed by atoms with E-state index in [0.717, 1.165) is 57.7 Å². The van der Waals surface area contributed by atoms with Crippen molar-refractivity contribution in [1.82, 2.24) is 15.2 Å². The highest BCUT2D eigenvalue weighted by Gasteiger charge is 2.56. The molecular weight excluding hydrogens is 479 g/mol. The van der Waals surface area contributed by atoms with Gasteiger partial charge in [0.2, 0.25) is 5.91 Å². The second-order valence-corrected chi connectivity index (χ2v) is 11.3. The smallest absolute Gasteiger partial charge is 0.373 e. The lowest BCUT2D eigenvalue weighted by Gasteiger charge is -2.37. The highest BCUT2D eigenvalue weighted by molar-refractivity contribution is 5.84. The van der Waals surface area contributed by atoms with Crippen molar-refractivity contribution < 1.29 is 22.7 Å². The average molecular weight is 514 g/mol. The van der Waals surface area contributed by atoms with Crippen molar-refractivity contribution in [3.05, 3.63) is 65.0 Å². The van der Waals surface area contributed by atoms with E-state index in [0.29, 0.717) is 36.2 Å². The SMILES string of the molecule is O=C(N1CCc2ncc(C(F)(F)F)cc2C1)[C@@]12CCC[C@@H]1C[C@@H](N[C@H]1CCO[C@H](c3ccccc3)C1)C2. The molecule has 37 heavy (non-hydrogen) atoms. The van der Waals surface area contributed by atoms with Gasteiger partial charge in [-0.05, 0) is 61.6 Å². The summed E-state index contributed by atoms with van der Waals surface area (Å²) in [6, 6.07) is 12.1. The fourth-order valence-corrected chi connectivity index (χ4v) is 7.37. The van der Waals surface area contributed by atoms with Crippen LogP contribution in [0.1, 0.15) is 73.4 Å². The summed E-state index contributed by atoms with van der Waals surface area (Å²) < 4.78 is 45.8. The van der Waals surface area contributed by atoms with E-state index in [1.54, 1.807) is 0 Å². The first-order chi connectivity index (χ1) is 17.8. The fourth-order valence-electron chi connectivity index (χ4n) is 7.37. The zero-order valence-corrected chi connectivity index (χ0v) is 21.0. The normalized spacial score (nSPS) is 31.7. The van der Waals surface area contributed by atoms with E-state index in [2.05, 4.69) is 22.4 Å². The Morgan fingerprint density at radius 2 is 1.97 bits per heavy atom. The molecule has 1 aromatic heterocycles. The van der Waals surface area contributed by atoms with Crippen molar-refractivity contribution in [3.8, 4) is 0 Å². The Bertz CT molecular complexity index is 1140. The van der Waals surface area contributed by atoms with Gasteiger partial charge in [-0.2, -0.15) is 13.2 Å². The highest BCUT2D eigenvalue weighted by atomic mass is 19.4. The van der Waals surface area contributed by atoms with E-state index >= 15 is 0 Å². The number of rotatable bonds is 4. The van der Waals surface area contributed by atoms with Crippen LogP contribution >= 0.6 is 0 Å². The molecule has 5 nitrogen and oxygen atoms in total. The zero-order valence-electron chi connectivity index (χ0n) is 21.0. The molecule has 2 aromatic rings. The number of pyridine rings is 1. The number of alkyl halides is 3. The maximum atomic E-state index is 14.0. The first-order valence-corrected chi connectivity index (χ1v) is 13.6. The molecule has 2 aliphatic heterocycles. The van der Waals surface area contributed by atoms with Crippen molar-refractivity contribution in [2.45, 2.75) is 82.3 Å². The predicted molar refractivity (Wildman–Crippen MR) is 132 cm³/mol. The fraction of sp³-hybridized carbons (Fsp3) is 0.586. The van der Waals surface area contributed by atoms with Crippen molar-refractivity contribution >= 4 is 5.91 Å². The lowest BCUT2D eigenvalue weighted by molar-refractivity contribution is -0.144. The second kappa shape index (κ2) is 9.70. The molecule has 0 bridgehead atoms. The third-order valence-electron chi connectivity index (χ3n) is 9.14. The summed E-state index contributed by atoms with van der Waals surface area (Å²) in [6.45, 7) is 1.46. The van der Waals surface area contributed by atoms with E-state index in [9.17, 15) is 18.0 Å². The predicted octanol–water partition coefficient (Wildman–Crippen LogP) is 5.44. The molecule has 0 unspecified atom stereocenters. The van der Waals surface area contributed by atoms with Gasteiger partial charge in [0.25, 0.3) is 0 Å². The van der Waals surface area contributed by atoms with Crippen LogP contribution in [0.2, 0.25) is 0 Å². The molecule has 8 heteroatoms. The average Bonchev–Trinajstić information content (AvgIpc) is 3.46. The third-order valence-corrected chi connectivity index (χ3v) is 9.14. The Morgan fingerprint density at radius 3 is 2.78 bits per heavy atom. The Kier molecular flexibility index (Phi) is 6.51. The molecule has 2 saturated carbocycles. The van der Waals surface area contributed by atoms with E-state index in [-0.39, 0.29) is 24.6 Å². The van der Waals surface area contributed by atoms with E-state index < -0.39 is 17.2 Å². The molecule has 2 aliphatic carbocycles. The molecule has 5 atom stereocenters. The Hall–Kier alpha value is -2.45. The van der Waals surface area contributed by atoms with Crippen LogP contribution in [0.5, 0.6) is 0 Å². The summed E-state index contributed by atoms with van der Waals surface area (Å²) in [7, 11) is 0. The summed E-state index contributed by atoms with van der Waals surface area (Å²) in [5.41, 5.74) is 1.28. The molecular formula is C29H34F3N3O2. The molecule has 1 aromatic carbocycles. The number of benzene rings is 1. The van der Waals surface area contributed by atoms with Gasteiger partial charge in [-0.1, -0.05) is 36.8 Å². The lowest BCUT2D eigenvalue weighted by atomic mass is 9.78. The lowest BCUT2D eigenvalue weighted by Crippen LogP contribution is -2.47. The van der Waals surface area contributed by atoms with Gasteiger partial charge in [0.15, 0.2) is 0 Å². The van der Waals surface area contributed by atoms with Crippen molar-refractivity contribution in [3.63, 3.8) is 0 Å². The van der Waals surface area contributed by atoms with Gasteiger partial charge < -0.3 is 15.0 Å². The van der Waals surface area contributed by atoms with Crippen molar-refractivity contribution in [2.75, 3.05) is 13.2 Å². The molecule has 1 N–H and O–H groups in total. The molecule has 3 fully saturated rings. The van der Waals surface area contributed by atoms with Gasteiger partial charge in [-0.3, -0.25) is 9.78 Å². The summed E-state index contributed by atoms with van der Waals surface area (Å²) in [5, 5.41) is 3.88. The molecule has 0 spiro atoms. The maximum absolute atomic E-state index is 14.0. The number of ether oxygens (including phenoxy) is 1. The monoisotopic (exact) mass is 513 g/mol. The summed E-state index contributed by atoms with van der Waals surface area (Å²) in [4.78, 5) is 19.9. The molecule has 6 rings (SSSR count). The number of nitrogens with one attached hydrogen (secondary N) is 1. The summed E-state index contributed by atoms with van der Waals surface area (Å²) >= 11 is 0. The van der Waals surface area contributed by atoms with Crippen LogP contribution in [-0.2, 0) is 28.7 Å². The first-order valence-electron chi connectivity index (χ1n) is 13.6. The molecule has 3 heterocycles. The van der Waals surface area contributed by atoms with Gasteiger partial charge >= 0.3 is 6.18 Å². The number of hydrogen-bond donors (Lipinski definition) is 1. The van der Waals surface area contributed by atoms with Crippen LogP contribution in [0.4, 0.5) is 13.2 Å². The number of carbonyl (C=O) groups excluding carboxylic acids is 1. The number of aromatic nitrogens is 1. The Labute approximate surface area is 215 Å². The number of amides is 1.